The van der Waals surface area contributed by atoms with Crippen LogP contribution in [0.3, 0.4) is 0 Å². The molecule has 0 bridgehead atoms. The molecule has 0 saturated carbocycles. The van der Waals surface area contributed by atoms with Crippen molar-refractivity contribution >= 4 is 28.5 Å². The topological polar surface area (TPSA) is 46.9 Å². The largest absolute Gasteiger partial charge is 0.355 e. The van der Waals surface area contributed by atoms with Crippen LogP contribution < -0.4 is 10.9 Å². The number of rotatable bonds is 0. The number of halogens is 1. The first-order valence-corrected chi connectivity index (χ1v) is 5.57. The first-order chi connectivity index (χ1) is 7.75. The highest BCUT2D eigenvalue weighted by atomic mass is 35.5. The van der Waals surface area contributed by atoms with Crippen LogP contribution in [-0.4, -0.2) is 16.1 Å². The van der Waals surface area contributed by atoms with E-state index in [0.29, 0.717) is 21.9 Å². The number of nitrogens with zero attached hydrogens (tertiary/aromatic N) is 2. The fourth-order valence-corrected chi connectivity index (χ4v) is 2.14. The van der Waals surface area contributed by atoms with Gasteiger partial charge in [-0.3, -0.25) is 9.36 Å². The van der Waals surface area contributed by atoms with E-state index in [1.165, 1.54) is 0 Å². The Hall–Kier alpha value is -1.55. The molecule has 2 heterocycles. The molecule has 0 fully saturated rings. The lowest BCUT2D eigenvalue weighted by atomic mass is 10.2. The number of hydrogen-bond acceptors (Lipinski definition) is 3. The minimum absolute atomic E-state index is 0.00358. The van der Waals surface area contributed by atoms with Crippen molar-refractivity contribution < 1.29 is 0 Å². The summed E-state index contributed by atoms with van der Waals surface area (Å²) in [5.74, 6) is 0.644. The van der Waals surface area contributed by atoms with E-state index in [1.54, 1.807) is 22.8 Å². The lowest BCUT2D eigenvalue weighted by Crippen LogP contribution is -2.30. The van der Waals surface area contributed by atoms with Gasteiger partial charge in [-0.25, -0.2) is 4.98 Å². The van der Waals surface area contributed by atoms with Gasteiger partial charge in [0, 0.05) is 18.1 Å². The number of anilines is 1. The van der Waals surface area contributed by atoms with Crippen LogP contribution in [0.15, 0.2) is 23.0 Å². The molecule has 1 aliphatic rings. The highest BCUT2D eigenvalue weighted by molar-refractivity contribution is 6.31. The molecule has 2 aromatic rings. The van der Waals surface area contributed by atoms with Crippen LogP contribution in [0.5, 0.6) is 0 Å². The van der Waals surface area contributed by atoms with E-state index >= 15 is 0 Å². The van der Waals surface area contributed by atoms with Crippen molar-refractivity contribution in [2.24, 2.45) is 0 Å². The molecule has 0 aliphatic carbocycles. The molecule has 0 spiro atoms. The SMILES string of the molecule is O=c1c2ccc(Cl)cc2nc2n1CCCN2. The lowest BCUT2D eigenvalue weighted by Gasteiger charge is -2.19. The van der Waals surface area contributed by atoms with E-state index in [-0.39, 0.29) is 5.56 Å². The zero-order valence-corrected chi connectivity index (χ0v) is 9.29. The average molecular weight is 236 g/mol. The van der Waals surface area contributed by atoms with Crippen molar-refractivity contribution in [3.63, 3.8) is 0 Å². The fourth-order valence-electron chi connectivity index (χ4n) is 1.97. The maximum absolute atomic E-state index is 12.1. The van der Waals surface area contributed by atoms with Gasteiger partial charge in [-0.2, -0.15) is 0 Å². The summed E-state index contributed by atoms with van der Waals surface area (Å²) in [5.41, 5.74) is 0.655. The molecule has 0 atom stereocenters. The van der Waals surface area contributed by atoms with E-state index in [9.17, 15) is 4.79 Å². The zero-order chi connectivity index (χ0) is 11.1. The second-order valence-corrected chi connectivity index (χ2v) is 4.27. The maximum atomic E-state index is 12.1. The Morgan fingerprint density at radius 3 is 3.19 bits per heavy atom. The zero-order valence-electron chi connectivity index (χ0n) is 8.53. The van der Waals surface area contributed by atoms with Gasteiger partial charge in [0.25, 0.3) is 5.56 Å². The third kappa shape index (κ3) is 1.38. The van der Waals surface area contributed by atoms with Crippen molar-refractivity contribution in [1.29, 1.82) is 0 Å². The van der Waals surface area contributed by atoms with E-state index < -0.39 is 0 Å². The molecule has 5 heteroatoms. The highest BCUT2D eigenvalue weighted by Gasteiger charge is 2.13. The molecule has 0 saturated heterocycles. The number of benzene rings is 1. The van der Waals surface area contributed by atoms with Crippen LogP contribution >= 0.6 is 11.6 Å². The van der Waals surface area contributed by atoms with E-state index in [2.05, 4.69) is 10.3 Å². The van der Waals surface area contributed by atoms with E-state index in [1.807, 2.05) is 0 Å². The maximum Gasteiger partial charge on any atom is 0.262 e. The predicted molar refractivity (Wildman–Crippen MR) is 64.1 cm³/mol. The molecule has 16 heavy (non-hydrogen) atoms. The Balaban J connectivity index is 2.39. The first-order valence-electron chi connectivity index (χ1n) is 5.20. The van der Waals surface area contributed by atoms with Gasteiger partial charge in [0.1, 0.15) is 0 Å². The molecule has 0 unspecified atom stereocenters. The molecule has 1 aliphatic heterocycles. The summed E-state index contributed by atoms with van der Waals surface area (Å²) in [7, 11) is 0. The van der Waals surface area contributed by atoms with Gasteiger partial charge in [-0.1, -0.05) is 11.6 Å². The summed E-state index contributed by atoms with van der Waals surface area (Å²) in [5, 5.41) is 4.34. The Morgan fingerprint density at radius 1 is 1.44 bits per heavy atom. The molecule has 1 N–H and O–H groups in total. The van der Waals surface area contributed by atoms with E-state index in [4.69, 9.17) is 11.6 Å². The van der Waals surface area contributed by atoms with Crippen molar-refractivity contribution in [3.8, 4) is 0 Å². The van der Waals surface area contributed by atoms with Gasteiger partial charge in [-0.05, 0) is 24.6 Å². The minimum Gasteiger partial charge on any atom is -0.355 e. The van der Waals surface area contributed by atoms with Crippen LogP contribution in [0.2, 0.25) is 5.02 Å². The molecule has 3 rings (SSSR count). The number of hydrogen-bond donors (Lipinski definition) is 1. The third-order valence-corrected chi connectivity index (χ3v) is 2.99. The molecule has 1 aromatic carbocycles. The summed E-state index contributed by atoms with van der Waals surface area (Å²) in [6.07, 6.45) is 0.952. The Kier molecular flexibility index (Phi) is 2.11. The Morgan fingerprint density at radius 2 is 2.31 bits per heavy atom. The van der Waals surface area contributed by atoms with Crippen molar-refractivity contribution in [2.45, 2.75) is 13.0 Å². The van der Waals surface area contributed by atoms with Gasteiger partial charge in [0.05, 0.1) is 10.9 Å². The number of fused-ring (bicyclic) bond motifs is 2. The monoisotopic (exact) mass is 235 g/mol. The molecular formula is C11H10ClN3O. The van der Waals surface area contributed by atoms with Crippen LogP contribution in [0.4, 0.5) is 5.95 Å². The van der Waals surface area contributed by atoms with Gasteiger partial charge in [0.15, 0.2) is 0 Å². The Bertz CT molecular complexity index is 620. The minimum atomic E-state index is 0.00358. The summed E-state index contributed by atoms with van der Waals surface area (Å²) in [6, 6.07) is 5.17. The van der Waals surface area contributed by atoms with Crippen LogP contribution in [0.25, 0.3) is 10.9 Å². The molecular weight excluding hydrogens is 226 g/mol. The average Bonchev–Trinajstić information content (AvgIpc) is 2.29. The predicted octanol–water partition coefficient (Wildman–Crippen LogP) is 1.87. The van der Waals surface area contributed by atoms with E-state index in [0.717, 1.165) is 19.5 Å². The standard InChI is InChI=1S/C11H10ClN3O/c12-7-2-3-8-9(6-7)14-11-13-4-1-5-15(11)10(8)16/h2-3,6H,1,4-5H2,(H,13,14). The van der Waals surface area contributed by atoms with Crippen LogP contribution in [-0.2, 0) is 6.54 Å². The van der Waals surface area contributed by atoms with Gasteiger partial charge >= 0.3 is 0 Å². The highest BCUT2D eigenvalue weighted by Crippen LogP contribution is 2.18. The molecule has 82 valence electrons. The third-order valence-electron chi connectivity index (χ3n) is 2.76. The number of aromatic nitrogens is 2. The lowest BCUT2D eigenvalue weighted by molar-refractivity contribution is 0.602. The summed E-state index contributed by atoms with van der Waals surface area (Å²) in [6.45, 7) is 1.59. The second kappa shape index (κ2) is 3.49. The number of nitrogens with one attached hydrogen (secondary N) is 1. The second-order valence-electron chi connectivity index (χ2n) is 3.83. The Labute approximate surface area is 96.9 Å². The van der Waals surface area contributed by atoms with Gasteiger partial charge in [-0.15, -0.1) is 0 Å². The fraction of sp³-hybridized carbons (Fsp3) is 0.273. The summed E-state index contributed by atoms with van der Waals surface area (Å²) >= 11 is 5.88. The molecule has 4 nitrogen and oxygen atoms in total. The summed E-state index contributed by atoms with van der Waals surface area (Å²) < 4.78 is 1.68. The first kappa shape index (κ1) is 9.66. The molecule has 0 radical (unpaired) electrons. The van der Waals surface area contributed by atoms with Crippen LogP contribution in [0.1, 0.15) is 6.42 Å². The van der Waals surface area contributed by atoms with Crippen molar-refractivity contribution in [1.82, 2.24) is 9.55 Å². The smallest absolute Gasteiger partial charge is 0.262 e. The van der Waals surface area contributed by atoms with Gasteiger partial charge < -0.3 is 5.32 Å². The normalized spacial score (nSPS) is 14.6. The van der Waals surface area contributed by atoms with Crippen molar-refractivity contribution in [3.05, 3.63) is 33.6 Å². The van der Waals surface area contributed by atoms with Crippen LogP contribution in [0, 0.1) is 0 Å². The van der Waals surface area contributed by atoms with Crippen molar-refractivity contribution in [2.75, 3.05) is 11.9 Å². The molecule has 1 aromatic heterocycles. The quantitative estimate of drug-likeness (QED) is 0.758. The molecule has 0 amide bonds. The van der Waals surface area contributed by atoms with Gasteiger partial charge in [0.2, 0.25) is 5.95 Å². The summed E-state index contributed by atoms with van der Waals surface area (Å²) in [4.78, 5) is 16.5.